The van der Waals surface area contributed by atoms with Gasteiger partial charge in [0, 0.05) is 0 Å². The number of imidazole rings is 1. The molecule has 0 amide bonds. The van der Waals surface area contributed by atoms with E-state index in [1.807, 2.05) is 16.3 Å². The van der Waals surface area contributed by atoms with Gasteiger partial charge in [-0.15, -0.1) is 6.42 Å². The minimum Gasteiger partial charge on any atom is -0.383 e. The summed E-state index contributed by atoms with van der Waals surface area (Å²) in [6, 6.07) is 0. The highest BCUT2D eigenvalue weighted by molar-refractivity contribution is 7.99. The van der Waals surface area contributed by atoms with Gasteiger partial charge in [-0.05, 0) is 19.1 Å². The second-order valence-electron chi connectivity index (χ2n) is 3.51. The van der Waals surface area contributed by atoms with Gasteiger partial charge in [0.15, 0.2) is 0 Å². The van der Waals surface area contributed by atoms with Crippen LogP contribution < -0.4 is 5.73 Å². The maximum Gasteiger partial charge on any atom is 0.128 e. The summed E-state index contributed by atoms with van der Waals surface area (Å²) in [7, 11) is 0. The van der Waals surface area contributed by atoms with Gasteiger partial charge in [0.1, 0.15) is 5.82 Å². The lowest BCUT2D eigenvalue weighted by molar-refractivity contribution is 0.850. The molecule has 14 heavy (non-hydrogen) atoms. The monoisotopic (exact) mass is 207 g/mol. The SMILES string of the molecule is C#CCn1cnc(C2(SC)CC2)c1N. The van der Waals surface area contributed by atoms with Crippen molar-refractivity contribution < 1.29 is 0 Å². The number of thioether (sulfide) groups is 1. The van der Waals surface area contributed by atoms with Crippen LogP contribution in [0.5, 0.6) is 0 Å². The largest absolute Gasteiger partial charge is 0.383 e. The Kier molecular flexibility index (Phi) is 2.20. The van der Waals surface area contributed by atoms with Crippen LogP contribution in [0.1, 0.15) is 18.5 Å². The Balaban J connectivity index is 2.33. The number of nitrogens with zero attached hydrogens (tertiary/aromatic N) is 2. The van der Waals surface area contributed by atoms with Gasteiger partial charge >= 0.3 is 0 Å². The van der Waals surface area contributed by atoms with E-state index in [4.69, 9.17) is 12.2 Å². The smallest absolute Gasteiger partial charge is 0.128 e. The number of hydrogen-bond acceptors (Lipinski definition) is 3. The molecule has 4 heteroatoms. The Labute approximate surface area is 88.1 Å². The first-order chi connectivity index (χ1) is 6.73. The zero-order valence-corrected chi connectivity index (χ0v) is 8.97. The highest BCUT2D eigenvalue weighted by atomic mass is 32.2. The highest BCUT2D eigenvalue weighted by Crippen LogP contribution is 2.56. The van der Waals surface area contributed by atoms with E-state index >= 15 is 0 Å². The van der Waals surface area contributed by atoms with Crippen LogP contribution in [0.2, 0.25) is 0 Å². The fraction of sp³-hybridized carbons (Fsp3) is 0.500. The van der Waals surface area contributed by atoms with E-state index in [0.717, 1.165) is 11.5 Å². The average Bonchev–Trinajstić information content (AvgIpc) is 2.90. The first-order valence-corrected chi connectivity index (χ1v) is 5.75. The van der Waals surface area contributed by atoms with Crippen molar-refractivity contribution in [2.45, 2.75) is 24.1 Å². The van der Waals surface area contributed by atoms with E-state index < -0.39 is 0 Å². The molecule has 0 aromatic carbocycles. The maximum atomic E-state index is 5.98. The molecule has 1 aromatic heterocycles. The molecule has 1 saturated carbocycles. The molecule has 1 heterocycles. The Bertz CT molecular complexity index is 385. The number of nitrogen functional groups attached to an aromatic ring is 1. The van der Waals surface area contributed by atoms with E-state index in [1.165, 1.54) is 12.8 Å². The van der Waals surface area contributed by atoms with Gasteiger partial charge in [0.25, 0.3) is 0 Å². The predicted molar refractivity (Wildman–Crippen MR) is 59.9 cm³/mol. The van der Waals surface area contributed by atoms with E-state index in [1.54, 1.807) is 6.33 Å². The molecule has 1 aliphatic rings. The molecule has 0 spiro atoms. The minimum absolute atomic E-state index is 0.184. The first kappa shape index (κ1) is 9.47. The van der Waals surface area contributed by atoms with Crippen LogP contribution in [0.15, 0.2) is 6.33 Å². The summed E-state index contributed by atoms with van der Waals surface area (Å²) in [6.45, 7) is 0.503. The van der Waals surface area contributed by atoms with Crippen molar-refractivity contribution in [2.24, 2.45) is 0 Å². The highest BCUT2D eigenvalue weighted by Gasteiger charge is 2.47. The molecule has 74 valence electrons. The van der Waals surface area contributed by atoms with Gasteiger partial charge in [0.05, 0.1) is 23.3 Å². The molecule has 2 rings (SSSR count). The molecular formula is C10H13N3S. The van der Waals surface area contributed by atoms with Crippen LogP contribution in [0.25, 0.3) is 0 Å². The average molecular weight is 207 g/mol. The Hall–Kier alpha value is -1.08. The molecule has 1 aliphatic carbocycles. The third kappa shape index (κ3) is 1.28. The predicted octanol–water partition coefficient (Wildman–Crippen LogP) is 1.45. The van der Waals surface area contributed by atoms with Gasteiger partial charge in [0.2, 0.25) is 0 Å². The van der Waals surface area contributed by atoms with Crippen LogP contribution in [0.3, 0.4) is 0 Å². The second kappa shape index (κ2) is 3.25. The molecular weight excluding hydrogens is 194 g/mol. The summed E-state index contributed by atoms with van der Waals surface area (Å²) < 4.78 is 2.01. The number of nitrogens with two attached hydrogens (primary N) is 1. The fourth-order valence-electron chi connectivity index (χ4n) is 1.62. The molecule has 1 fully saturated rings. The summed E-state index contributed by atoms with van der Waals surface area (Å²) >= 11 is 1.83. The van der Waals surface area contributed by atoms with Crippen molar-refractivity contribution in [1.82, 2.24) is 9.55 Å². The topological polar surface area (TPSA) is 43.8 Å². The summed E-state index contributed by atoms with van der Waals surface area (Å²) in [5.41, 5.74) is 7.00. The molecule has 3 nitrogen and oxygen atoms in total. The quantitative estimate of drug-likeness (QED) is 0.763. The lowest BCUT2D eigenvalue weighted by Crippen LogP contribution is -2.07. The number of hydrogen-bond donors (Lipinski definition) is 1. The van der Waals surface area contributed by atoms with Crippen molar-refractivity contribution in [1.29, 1.82) is 0 Å². The fourth-order valence-corrected chi connectivity index (χ4v) is 2.48. The first-order valence-electron chi connectivity index (χ1n) is 4.53. The lowest BCUT2D eigenvalue weighted by atomic mass is 10.3. The van der Waals surface area contributed by atoms with Crippen LogP contribution >= 0.6 is 11.8 Å². The standard InChI is InChI=1S/C10H13N3S/c1-3-6-13-7-12-8(9(13)11)10(14-2)4-5-10/h1,7H,4-6,11H2,2H3. The van der Waals surface area contributed by atoms with Crippen molar-refractivity contribution >= 4 is 17.6 Å². The third-order valence-electron chi connectivity index (χ3n) is 2.67. The van der Waals surface area contributed by atoms with E-state index in [-0.39, 0.29) is 4.75 Å². The van der Waals surface area contributed by atoms with Crippen molar-refractivity contribution in [3.63, 3.8) is 0 Å². The Morgan fingerprint density at radius 3 is 3.00 bits per heavy atom. The number of terminal acetylenes is 1. The summed E-state index contributed by atoms with van der Waals surface area (Å²) in [6.07, 6.45) is 11.4. The minimum atomic E-state index is 0.184. The summed E-state index contributed by atoms with van der Waals surface area (Å²) in [4.78, 5) is 4.36. The van der Waals surface area contributed by atoms with Crippen LogP contribution in [-0.2, 0) is 11.3 Å². The van der Waals surface area contributed by atoms with Crippen molar-refractivity contribution in [3.8, 4) is 12.3 Å². The zero-order valence-electron chi connectivity index (χ0n) is 8.16. The van der Waals surface area contributed by atoms with Crippen molar-refractivity contribution in [3.05, 3.63) is 12.0 Å². The zero-order chi connectivity index (χ0) is 10.2. The molecule has 0 saturated heterocycles. The van der Waals surface area contributed by atoms with E-state index in [0.29, 0.717) is 6.54 Å². The van der Waals surface area contributed by atoms with Crippen LogP contribution in [0.4, 0.5) is 5.82 Å². The van der Waals surface area contributed by atoms with Gasteiger partial charge < -0.3 is 10.3 Å². The Morgan fingerprint density at radius 1 is 1.79 bits per heavy atom. The van der Waals surface area contributed by atoms with Gasteiger partial charge in [-0.25, -0.2) is 4.98 Å². The molecule has 0 unspecified atom stereocenters. The second-order valence-corrected chi connectivity index (χ2v) is 4.70. The van der Waals surface area contributed by atoms with Crippen LogP contribution in [0, 0.1) is 12.3 Å². The molecule has 2 N–H and O–H groups in total. The van der Waals surface area contributed by atoms with Gasteiger partial charge in [-0.3, -0.25) is 0 Å². The third-order valence-corrected chi connectivity index (χ3v) is 4.05. The number of anilines is 1. The van der Waals surface area contributed by atoms with E-state index in [9.17, 15) is 0 Å². The molecule has 0 aliphatic heterocycles. The maximum absolute atomic E-state index is 5.98. The number of aromatic nitrogens is 2. The lowest BCUT2D eigenvalue weighted by Gasteiger charge is -2.10. The molecule has 0 bridgehead atoms. The Morgan fingerprint density at radius 2 is 2.50 bits per heavy atom. The van der Waals surface area contributed by atoms with Gasteiger partial charge in [-0.2, -0.15) is 11.8 Å². The van der Waals surface area contributed by atoms with Crippen molar-refractivity contribution in [2.75, 3.05) is 12.0 Å². The summed E-state index contributed by atoms with van der Waals surface area (Å²) in [5, 5.41) is 0. The molecule has 0 radical (unpaired) electrons. The number of rotatable bonds is 3. The molecule has 0 atom stereocenters. The van der Waals surface area contributed by atoms with Gasteiger partial charge in [-0.1, -0.05) is 5.92 Å². The van der Waals surface area contributed by atoms with E-state index in [2.05, 4.69) is 17.2 Å². The molecule has 1 aromatic rings. The summed E-state index contributed by atoms with van der Waals surface area (Å²) in [5.74, 6) is 3.30. The van der Waals surface area contributed by atoms with Crippen LogP contribution in [-0.4, -0.2) is 15.8 Å². The normalized spacial score (nSPS) is 17.7.